The Morgan fingerprint density at radius 1 is 1.17 bits per heavy atom. The van der Waals surface area contributed by atoms with Crippen molar-refractivity contribution in [2.75, 3.05) is 14.1 Å². The normalized spacial score (nSPS) is 12.8. The zero-order chi connectivity index (χ0) is 26.5. The van der Waals surface area contributed by atoms with E-state index >= 15 is 0 Å². The number of carbonyl (C=O) groups excluding carboxylic acids is 2. The number of fused-ring (bicyclic) bond motifs is 1. The summed E-state index contributed by atoms with van der Waals surface area (Å²) in [5.74, 6) is 0.866. The molecule has 8 heteroatoms. The van der Waals surface area contributed by atoms with Crippen molar-refractivity contribution in [3.05, 3.63) is 52.8 Å². The first-order valence-corrected chi connectivity index (χ1v) is 12.6. The molecule has 0 aliphatic carbocycles. The summed E-state index contributed by atoms with van der Waals surface area (Å²) in [5.41, 5.74) is 0.358. The molecule has 3 aromatic rings. The zero-order valence-electron chi connectivity index (χ0n) is 22.3. The molecule has 1 aromatic carbocycles. The number of hydrogen-bond donors (Lipinski definition) is 1. The molecule has 0 saturated carbocycles. The number of rotatable bonds is 12. The minimum absolute atomic E-state index is 0.139. The van der Waals surface area contributed by atoms with Crippen LogP contribution in [0, 0.1) is 0 Å². The summed E-state index contributed by atoms with van der Waals surface area (Å²) in [7, 11) is 5.46. The number of nitrogens with zero attached hydrogens (tertiary/aromatic N) is 3. The van der Waals surface area contributed by atoms with Crippen molar-refractivity contribution in [2.45, 2.75) is 70.9 Å². The number of hydrogen-bond acceptors (Lipinski definition) is 6. The van der Waals surface area contributed by atoms with E-state index in [1.54, 1.807) is 17.8 Å². The van der Waals surface area contributed by atoms with E-state index in [9.17, 15) is 14.4 Å². The number of para-hydroxylation sites is 1. The molecule has 0 spiro atoms. The van der Waals surface area contributed by atoms with Crippen LogP contribution in [-0.2, 0) is 16.6 Å². The Hall–Kier alpha value is -3.26. The number of aromatic nitrogens is 2. The third kappa shape index (κ3) is 6.10. The number of likely N-dealkylation sites (N-methyl/N-ethyl adjacent to an activating group) is 1. The highest BCUT2D eigenvalue weighted by Gasteiger charge is 2.33. The number of pyridine rings is 1. The predicted octanol–water partition coefficient (Wildman–Crippen LogP) is 4.62. The van der Waals surface area contributed by atoms with E-state index in [0.29, 0.717) is 36.5 Å². The molecule has 0 radical (unpaired) electrons. The van der Waals surface area contributed by atoms with Crippen LogP contribution >= 0.6 is 0 Å². The van der Waals surface area contributed by atoms with Crippen LogP contribution in [0.25, 0.3) is 22.2 Å². The van der Waals surface area contributed by atoms with Crippen molar-refractivity contribution in [2.24, 2.45) is 7.05 Å². The highest BCUT2D eigenvalue weighted by atomic mass is 16.4. The van der Waals surface area contributed by atoms with Gasteiger partial charge in [0.25, 0.3) is 5.56 Å². The second kappa shape index (κ2) is 11.6. The molecule has 8 nitrogen and oxygen atoms in total. The molecular formula is C28H38N4O4. The topological polar surface area (TPSA) is 97.4 Å². The van der Waals surface area contributed by atoms with Gasteiger partial charge in [0.05, 0.1) is 22.8 Å². The average Bonchev–Trinajstić information content (AvgIpc) is 3.34. The van der Waals surface area contributed by atoms with E-state index in [-0.39, 0.29) is 17.2 Å². The van der Waals surface area contributed by atoms with Crippen molar-refractivity contribution in [1.82, 2.24) is 19.8 Å². The number of ketones is 1. The van der Waals surface area contributed by atoms with Gasteiger partial charge >= 0.3 is 0 Å². The first kappa shape index (κ1) is 27.3. The lowest BCUT2D eigenvalue weighted by molar-refractivity contribution is -0.131. The SMILES string of the molecule is CCC(=O)CCCCC[C@H](NC(=O)C(C)(C)N(C)C)c1ncc(-c2cc3ccccc3n(C)c2=O)o1. The summed E-state index contributed by atoms with van der Waals surface area (Å²) < 4.78 is 7.70. The van der Waals surface area contributed by atoms with E-state index in [1.165, 1.54) is 0 Å². The molecule has 0 fully saturated rings. The average molecular weight is 495 g/mol. The largest absolute Gasteiger partial charge is 0.438 e. The Morgan fingerprint density at radius 2 is 1.89 bits per heavy atom. The van der Waals surface area contributed by atoms with E-state index in [2.05, 4.69) is 10.3 Å². The summed E-state index contributed by atoms with van der Waals surface area (Å²) in [4.78, 5) is 44.1. The molecule has 3 rings (SSSR count). The first-order chi connectivity index (χ1) is 17.1. The van der Waals surface area contributed by atoms with Crippen LogP contribution in [0.4, 0.5) is 0 Å². The molecule has 0 aliphatic rings. The quantitative estimate of drug-likeness (QED) is 0.369. The van der Waals surface area contributed by atoms with Crippen molar-refractivity contribution < 1.29 is 14.0 Å². The van der Waals surface area contributed by atoms with E-state index in [0.717, 1.165) is 30.2 Å². The standard InChI is InChI=1S/C28H38N4O4/c1-7-20(33)14-9-8-10-15-22(30-27(35)28(2,3)31(4)5)25-29-18-24(36-25)21-17-19-13-11-12-16-23(19)32(6)26(21)34/h11-13,16-18,22H,7-10,14-15H2,1-6H3,(H,30,35)/t22-/m0/s1. The minimum atomic E-state index is -0.727. The van der Waals surface area contributed by atoms with Crippen molar-refractivity contribution >= 4 is 22.6 Å². The lowest BCUT2D eigenvalue weighted by Gasteiger charge is -2.32. The lowest BCUT2D eigenvalue weighted by Crippen LogP contribution is -2.52. The van der Waals surface area contributed by atoms with Crippen LogP contribution in [-0.4, -0.2) is 45.8 Å². The van der Waals surface area contributed by atoms with Gasteiger partial charge in [-0.25, -0.2) is 4.98 Å². The highest BCUT2D eigenvalue weighted by molar-refractivity contribution is 5.85. The molecule has 1 N–H and O–H groups in total. The van der Waals surface area contributed by atoms with Crippen molar-refractivity contribution in [1.29, 1.82) is 0 Å². The van der Waals surface area contributed by atoms with E-state index in [4.69, 9.17) is 4.42 Å². The summed E-state index contributed by atoms with van der Waals surface area (Å²) in [6.45, 7) is 5.59. The number of unbranched alkanes of at least 4 members (excludes halogenated alkanes) is 2. The molecule has 1 amide bonds. The number of Topliss-reactive ketones (excluding diaryl/α,β-unsaturated/α-hetero) is 1. The Kier molecular flexibility index (Phi) is 8.84. The van der Waals surface area contributed by atoms with Crippen molar-refractivity contribution in [3.63, 3.8) is 0 Å². The number of benzene rings is 1. The van der Waals surface area contributed by atoms with E-state index < -0.39 is 11.6 Å². The highest BCUT2D eigenvalue weighted by Crippen LogP contribution is 2.27. The molecule has 2 aromatic heterocycles. The van der Waals surface area contributed by atoms with Crippen LogP contribution in [0.15, 0.2) is 45.7 Å². The zero-order valence-corrected chi connectivity index (χ0v) is 22.3. The van der Waals surface area contributed by atoms with Crippen molar-refractivity contribution in [3.8, 4) is 11.3 Å². The van der Waals surface area contributed by atoms with Crippen LogP contribution in [0.5, 0.6) is 0 Å². The third-order valence-corrected chi connectivity index (χ3v) is 7.04. The summed E-state index contributed by atoms with van der Waals surface area (Å²) in [6, 6.07) is 9.04. The first-order valence-electron chi connectivity index (χ1n) is 12.6. The molecule has 2 heterocycles. The van der Waals surface area contributed by atoms with Crippen LogP contribution in [0.2, 0.25) is 0 Å². The lowest BCUT2D eigenvalue weighted by atomic mass is 10.0. The van der Waals surface area contributed by atoms with Gasteiger partial charge in [0.15, 0.2) is 5.76 Å². The minimum Gasteiger partial charge on any atom is -0.438 e. The summed E-state index contributed by atoms with van der Waals surface area (Å²) >= 11 is 0. The van der Waals surface area contributed by atoms with Gasteiger partial charge < -0.3 is 14.3 Å². The number of carbonyl (C=O) groups is 2. The molecule has 36 heavy (non-hydrogen) atoms. The van der Waals surface area contributed by atoms with Gasteiger partial charge in [-0.1, -0.05) is 38.0 Å². The molecule has 0 saturated heterocycles. The monoisotopic (exact) mass is 494 g/mol. The van der Waals surface area contributed by atoms with Gasteiger partial charge in [-0.2, -0.15) is 0 Å². The van der Waals surface area contributed by atoms with Crippen LogP contribution in [0.3, 0.4) is 0 Å². The molecule has 194 valence electrons. The van der Waals surface area contributed by atoms with Gasteiger partial charge in [-0.3, -0.25) is 19.3 Å². The van der Waals surface area contributed by atoms with E-state index in [1.807, 2.05) is 70.1 Å². The van der Waals surface area contributed by atoms with Gasteiger partial charge in [0.2, 0.25) is 11.8 Å². The molecule has 0 unspecified atom stereocenters. The Balaban J connectivity index is 1.86. The Morgan fingerprint density at radius 3 is 2.58 bits per heavy atom. The maximum atomic E-state index is 13.1. The number of aryl methyl sites for hydroxylation is 1. The van der Waals surface area contributed by atoms with Gasteiger partial charge in [0, 0.05) is 19.9 Å². The van der Waals surface area contributed by atoms with Crippen LogP contribution in [0.1, 0.15) is 71.2 Å². The Labute approximate surface area is 212 Å². The maximum absolute atomic E-state index is 13.1. The van der Waals surface area contributed by atoms with Crippen LogP contribution < -0.4 is 10.9 Å². The second-order valence-electron chi connectivity index (χ2n) is 10.0. The maximum Gasteiger partial charge on any atom is 0.261 e. The summed E-state index contributed by atoms with van der Waals surface area (Å²) in [6.07, 6.45) is 5.80. The fourth-order valence-corrected chi connectivity index (χ4v) is 3.99. The van der Waals surface area contributed by atoms with Gasteiger partial charge in [-0.05, 0) is 58.3 Å². The molecule has 0 bridgehead atoms. The smallest absolute Gasteiger partial charge is 0.261 e. The second-order valence-corrected chi connectivity index (χ2v) is 10.0. The molecular weight excluding hydrogens is 456 g/mol. The third-order valence-electron chi connectivity index (χ3n) is 7.04. The predicted molar refractivity (Wildman–Crippen MR) is 142 cm³/mol. The number of oxazole rings is 1. The summed E-state index contributed by atoms with van der Waals surface area (Å²) in [5, 5.41) is 4.02. The number of nitrogens with one attached hydrogen (secondary N) is 1. The fraction of sp³-hybridized carbons (Fsp3) is 0.500. The Bertz CT molecular complexity index is 1270. The van der Waals surface area contributed by atoms with Gasteiger partial charge in [0.1, 0.15) is 11.8 Å². The molecule has 0 aliphatic heterocycles. The number of amides is 1. The molecule has 1 atom stereocenters. The fourth-order valence-electron chi connectivity index (χ4n) is 3.99. The van der Waals surface area contributed by atoms with Gasteiger partial charge in [-0.15, -0.1) is 0 Å².